The van der Waals surface area contributed by atoms with E-state index >= 15 is 0 Å². The molecule has 3 rings (SSSR count). The van der Waals surface area contributed by atoms with Crippen LogP contribution in [0.25, 0.3) is 10.9 Å². The molecule has 3 nitrogen and oxygen atoms in total. The highest BCUT2D eigenvalue weighted by molar-refractivity contribution is 5.86. The Morgan fingerprint density at radius 1 is 1.10 bits per heavy atom. The van der Waals surface area contributed by atoms with Crippen LogP contribution in [0.5, 0.6) is 5.75 Å². The zero-order chi connectivity index (χ0) is 14.5. The standard InChI is InChI=1S/C18H26N2O/c1-2-15-21-18-8-5-7-17-16(18)9-14-20(17)13-6-12-19-10-3-4-11-19/h5,7-9,14H,2-4,6,10-13,15H2,1H3. The molecular formula is C18H26N2O. The third-order valence-electron chi connectivity index (χ3n) is 4.31. The number of ether oxygens (including phenoxy) is 1. The fraction of sp³-hybridized carbons (Fsp3) is 0.556. The maximum absolute atomic E-state index is 5.85. The number of fused-ring (bicyclic) bond motifs is 1. The van der Waals surface area contributed by atoms with Gasteiger partial charge in [-0.2, -0.15) is 0 Å². The molecule has 2 aromatic rings. The number of benzene rings is 1. The van der Waals surface area contributed by atoms with Crippen molar-refractivity contribution in [3.63, 3.8) is 0 Å². The second-order valence-electron chi connectivity index (χ2n) is 5.95. The van der Waals surface area contributed by atoms with Gasteiger partial charge in [-0.05, 0) is 63.5 Å². The molecule has 0 saturated carbocycles. The molecule has 0 amide bonds. The SMILES string of the molecule is CCCOc1cccc2c1ccn2CCCN1CCCC1. The van der Waals surface area contributed by atoms with Crippen LogP contribution >= 0.6 is 0 Å². The number of hydrogen-bond acceptors (Lipinski definition) is 2. The van der Waals surface area contributed by atoms with Gasteiger partial charge in [0.15, 0.2) is 0 Å². The van der Waals surface area contributed by atoms with Crippen LogP contribution in [-0.4, -0.2) is 35.7 Å². The van der Waals surface area contributed by atoms with E-state index in [-0.39, 0.29) is 0 Å². The van der Waals surface area contributed by atoms with Crippen LogP contribution in [0.15, 0.2) is 30.5 Å². The van der Waals surface area contributed by atoms with E-state index in [1.54, 1.807) is 0 Å². The first-order valence-corrected chi connectivity index (χ1v) is 8.31. The summed E-state index contributed by atoms with van der Waals surface area (Å²) < 4.78 is 8.21. The van der Waals surface area contributed by atoms with Crippen molar-refractivity contribution in [1.82, 2.24) is 9.47 Å². The Labute approximate surface area is 127 Å². The van der Waals surface area contributed by atoms with Gasteiger partial charge in [-0.25, -0.2) is 0 Å². The minimum Gasteiger partial charge on any atom is -0.493 e. The lowest BCUT2D eigenvalue weighted by atomic mass is 10.2. The highest BCUT2D eigenvalue weighted by Gasteiger charge is 2.11. The molecule has 1 aliphatic rings. The number of rotatable bonds is 7. The van der Waals surface area contributed by atoms with Crippen molar-refractivity contribution in [2.75, 3.05) is 26.2 Å². The summed E-state index contributed by atoms with van der Waals surface area (Å²) in [7, 11) is 0. The zero-order valence-electron chi connectivity index (χ0n) is 13.1. The number of aromatic nitrogens is 1. The van der Waals surface area contributed by atoms with Gasteiger partial charge in [0.25, 0.3) is 0 Å². The fourth-order valence-electron chi connectivity index (χ4n) is 3.20. The second-order valence-corrected chi connectivity index (χ2v) is 5.95. The molecule has 21 heavy (non-hydrogen) atoms. The van der Waals surface area contributed by atoms with Crippen LogP contribution < -0.4 is 4.74 Å². The van der Waals surface area contributed by atoms with Crippen molar-refractivity contribution in [1.29, 1.82) is 0 Å². The Morgan fingerprint density at radius 3 is 2.76 bits per heavy atom. The first-order valence-electron chi connectivity index (χ1n) is 8.31. The van der Waals surface area contributed by atoms with E-state index in [1.807, 2.05) is 0 Å². The predicted octanol–water partition coefficient (Wildman–Crippen LogP) is 3.92. The summed E-state index contributed by atoms with van der Waals surface area (Å²) in [4.78, 5) is 2.58. The molecule has 0 bridgehead atoms. The quantitative estimate of drug-likeness (QED) is 0.767. The summed E-state index contributed by atoms with van der Waals surface area (Å²) in [5.41, 5.74) is 1.30. The van der Waals surface area contributed by atoms with Crippen molar-refractivity contribution in [3.05, 3.63) is 30.5 Å². The lowest BCUT2D eigenvalue weighted by molar-refractivity contribution is 0.321. The summed E-state index contributed by atoms with van der Waals surface area (Å²) >= 11 is 0. The Morgan fingerprint density at radius 2 is 1.95 bits per heavy atom. The van der Waals surface area contributed by atoms with Gasteiger partial charge in [-0.3, -0.25) is 0 Å². The highest BCUT2D eigenvalue weighted by atomic mass is 16.5. The Balaban J connectivity index is 1.65. The molecule has 1 aliphatic heterocycles. The summed E-state index contributed by atoms with van der Waals surface area (Å²) in [6.07, 6.45) is 7.24. The van der Waals surface area contributed by atoms with Gasteiger partial charge in [0, 0.05) is 18.1 Å². The number of hydrogen-bond donors (Lipinski definition) is 0. The molecular weight excluding hydrogens is 260 g/mol. The molecule has 1 aromatic carbocycles. The number of aryl methyl sites for hydroxylation is 1. The average molecular weight is 286 g/mol. The average Bonchev–Trinajstić information content (AvgIpc) is 3.15. The lowest BCUT2D eigenvalue weighted by Gasteiger charge is -2.14. The van der Waals surface area contributed by atoms with Gasteiger partial charge in [0.2, 0.25) is 0 Å². The van der Waals surface area contributed by atoms with Crippen LogP contribution in [0.3, 0.4) is 0 Å². The first-order chi connectivity index (χ1) is 10.4. The lowest BCUT2D eigenvalue weighted by Crippen LogP contribution is -2.21. The van der Waals surface area contributed by atoms with E-state index in [1.165, 1.54) is 49.8 Å². The third-order valence-corrected chi connectivity index (χ3v) is 4.31. The number of likely N-dealkylation sites (tertiary alicyclic amines) is 1. The van der Waals surface area contributed by atoms with Crippen LogP contribution in [0.2, 0.25) is 0 Å². The minimum atomic E-state index is 0.791. The van der Waals surface area contributed by atoms with Crippen LogP contribution in [0.1, 0.15) is 32.6 Å². The summed E-state index contributed by atoms with van der Waals surface area (Å²) in [6, 6.07) is 8.57. The molecule has 1 fully saturated rings. The summed E-state index contributed by atoms with van der Waals surface area (Å²) in [5.74, 6) is 1.02. The van der Waals surface area contributed by atoms with Gasteiger partial charge < -0.3 is 14.2 Å². The van der Waals surface area contributed by atoms with Crippen molar-refractivity contribution in [3.8, 4) is 5.75 Å². The molecule has 0 radical (unpaired) electrons. The first kappa shape index (κ1) is 14.5. The van der Waals surface area contributed by atoms with Crippen molar-refractivity contribution >= 4 is 10.9 Å². The maximum Gasteiger partial charge on any atom is 0.128 e. The monoisotopic (exact) mass is 286 g/mol. The van der Waals surface area contributed by atoms with Crippen LogP contribution in [0.4, 0.5) is 0 Å². The van der Waals surface area contributed by atoms with E-state index in [4.69, 9.17) is 4.74 Å². The molecule has 114 valence electrons. The minimum absolute atomic E-state index is 0.791. The summed E-state index contributed by atoms with van der Waals surface area (Å²) in [5, 5.41) is 1.24. The fourth-order valence-corrected chi connectivity index (χ4v) is 3.20. The topological polar surface area (TPSA) is 17.4 Å². The Kier molecular flexibility index (Phi) is 4.81. The van der Waals surface area contributed by atoms with Gasteiger partial charge in [-0.1, -0.05) is 13.0 Å². The third kappa shape index (κ3) is 3.41. The van der Waals surface area contributed by atoms with E-state index in [0.717, 1.165) is 25.3 Å². The predicted molar refractivity (Wildman–Crippen MR) is 88.0 cm³/mol. The van der Waals surface area contributed by atoms with E-state index in [9.17, 15) is 0 Å². The van der Waals surface area contributed by atoms with Gasteiger partial charge in [0.1, 0.15) is 5.75 Å². The normalized spacial score (nSPS) is 15.9. The zero-order valence-corrected chi connectivity index (χ0v) is 13.1. The second kappa shape index (κ2) is 6.99. The molecule has 0 aliphatic carbocycles. The Bertz CT molecular complexity index is 570. The number of nitrogens with zero attached hydrogens (tertiary/aromatic N) is 2. The van der Waals surface area contributed by atoms with E-state index in [2.05, 4.69) is 46.9 Å². The molecule has 0 spiro atoms. The van der Waals surface area contributed by atoms with E-state index in [0.29, 0.717) is 0 Å². The van der Waals surface area contributed by atoms with Crippen molar-refractivity contribution in [2.45, 2.75) is 39.2 Å². The van der Waals surface area contributed by atoms with Gasteiger partial charge in [0.05, 0.1) is 12.1 Å². The highest BCUT2D eigenvalue weighted by Crippen LogP contribution is 2.27. The summed E-state index contributed by atoms with van der Waals surface area (Å²) in [6.45, 7) is 7.84. The molecule has 0 atom stereocenters. The smallest absolute Gasteiger partial charge is 0.128 e. The molecule has 1 saturated heterocycles. The molecule has 2 heterocycles. The molecule has 3 heteroatoms. The van der Waals surface area contributed by atoms with E-state index < -0.39 is 0 Å². The van der Waals surface area contributed by atoms with Crippen molar-refractivity contribution in [2.24, 2.45) is 0 Å². The van der Waals surface area contributed by atoms with Gasteiger partial charge >= 0.3 is 0 Å². The molecule has 0 N–H and O–H groups in total. The maximum atomic E-state index is 5.85. The van der Waals surface area contributed by atoms with Crippen LogP contribution in [-0.2, 0) is 6.54 Å². The van der Waals surface area contributed by atoms with Crippen molar-refractivity contribution < 1.29 is 4.74 Å². The Hall–Kier alpha value is -1.48. The van der Waals surface area contributed by atoms with Gasteiger partial charge in [-0.15, -0.1) is 0 Å². The largest absolute Gasteiger partial charge is 0.493 e. The molecule has 1 aromatic heterocycles. The van der Waals surface area contributed by atoms with Crippen LogP contribution in [0, 0.1) is 0 Å². The molecule has 0 unspecified atom stereocenters.